The van der Waals surface area contributed by atoms with Crippen molar-refractivity contribution in [2.24, 2.45) is 0 Å². The third-order valence-corrected chi connectivity index (χ3v) is 3.21. The lowest BCUT2D eigenvalue weighted by Crippen LogP contribution is -2.08. The highest BCUT2D eigenvalue weighted by Gasteiger charge is 2.11. The fourth-order valence-corrected chi connectivity index (χ4v) is 1.77. The summed E-state index contributed by atoms with van der Waals surface area (Å²) in [7, 11) is 0. The number of nitrogens with one attached hydrogen (secondary N) is 1. The first-order valence-electron chi connectivity index (χ1n) is 5.26. The number of anilines is 1. The summed E-state index contributed by atoms with van der Waals surface area (Å²) in [6, 6.07) is 6.13. The highest BCUT2D eigenvalue weighted by atomic mass is 35.5. The molecular weight excluding hydrogens is 276 g/mol. The molecule has 6 heteroatoms. The molecule has 0 saturated heterocycles. The first-order valence-corrected chi connectivity index (χ1v) is 6.01. The summed E-state index contributed by atoms with van der Waals surface area (Å²) >= 11 is 11.8. The van der Waals surface area contributed by atoms with Crippen molar-refractivity contribution < 1.29 is 4.39 Å². The molecule has 0 spiro atoms. The average Bonchev–Trinajstić information content (AvgIpc) is 2.36. The number of hydrogen-bond acceptors (Lipinski definition) is 3. The molecule has 0 aliphatic carbocycles. The summed E-state index contributed by atoms with van der Waals surface area (Å²) in [5.74, 6) is 0.183. The Kier molecular flexibility index (Phi) is 3.99. The number of benzene rings is 1. The van der Waals surface area contributed by atoms with E-state index in [2.05, 4.69) is 15.3 Å². The Hall–Kier alpha value is -1.39. The molecule has 0 aliphatic rings. The fourth-order valence-electron chi connectivity index (χ4n) is 1.49. The smallest absolute Gasteiger partial charge is 0.153 e. The zero-order valence-corrected chi connectivity index (χ0v) is 11.0. The molecule has 2 aromatic rings. The molecular formula is C12H10Cl2FN3. The van der Waals surface area contributed by atoms with E-state index in [0.29, 0.717) is 5.82 Å². The molecule has 0 fully saturated rings. The minimum atomic E-state index is -0.269. The summed E-state index contributed by atoms with van der Waals surface area (Å²) in [6.07, 6.45) is 1.33. The van der Waals surface area contributed by atoms with Crippen LogP contribution in [0, 0.1) is 5.82 Å². The van der Waals surface area contributed by atoms with E-state index in [4.69, 9.17) is 23.2 Å². The highest BCUT2D eigenvalue weighted by Crippen LogP contribution is 2.28. The second-order valence-electron chi connectivity index (χ2n) is 3.74. The summed E-state index contributed by atoms with van der Waals surface area (Å²) < 4.78 is 12.8. The van der Waals surface area contributed by atoms with Crippen molar-refractivity contribution in [3.63, 3.8) is 0 Å². The molecule has 0 radical (unpaired) electrons. The van der Waals surface area contributed by atoms with E-state index in [1.54, 1.807) is 12.1 Å². The summed E-state index contributed by atoms with van der Waals surface area (Å²) in [5.41, 5.74) is 0.919. The highest BCUT2D eigenvalue weighted by molar-refractivity contribution is 6.42. The lowest BCUT2D eigenvalue weighted by molar-refractivity contribution is 0.626. The number of hydrogen-bond donors (Lipinski definition) is 1. The van der Waals surface area contributed by atoms with Crippen LogP contribution in [0.15, 0.2) is 30.6 Å². The van der Waals surface area contributed by atoms with Gasteiger partial charge in [0.15, 0.2) is 5.15 Å². The minimum Gasteiger partial charge on any atom is -0.362 e. The van der Waals surface area contributed by atoms with E-state index in [-0.39, 0.29) is 22.0 Å². The maximum Gasteiger partial charge on any atom is 0.153 e. The zero-order valence-electron chi connectivity index (χ0n) is 9.49. The van der Waals surface area contributed by atoms with Gasteiger partial charge in [0.2, 0.25) is 0 Å². The Labute approximate surface area is 114 Å². The van der Waals surface area contributed by atoms with Crippen LogP contribution < -0.4 is 5.32 Å². The van der Waals surface area contributed by atoms with Gasteiger partial charge < -0.3 is 5.32 Å². The first kappa shape index (κ1) is 13.1. The van der Waals surface area contributed by atoms with E-state index in [9.17, 15) is 4.39 Å². The van der Waals surface area contributed by atoms with Gasteiger partial charge in [0.1, 0.15) is 23.0 Å². The van der Waals surface area contributed by atoms with Crippen LogP contribution in [-0.2, 0) is 0 Å². The van der Waals surface area contributed by atoms with E-state index < -0.39 is 0 Å². The lowest BCUT2D eigenvalue weighted by atomic mass is 10.1. The molecule has 1 aromatic heterocycles. The number of halogens is 3. The Balaban J connectivity index is 2.18. The summed E-state index contributed by atoms with van der Waals surface area (Å²) in [5, 5.41) is 3.56. The maximum atomic E-state index is 12.8. The number of aromatic nitrogens is 2. The van der Waals surface area contributed by atoms with Gasteiger partial charge in [-0.25, -0.2) is 14.4 Å². The van der Waals surface area contributed by atoms with Crippen LogP contribution in [0.2, 0.25) is 10.2 Å². The third kappa shape index (κ3) is 2.89. The van der Waals surface area contributed by atoms with Crippen LogP contribution in [0.25, 0.3) is 0 Å². The minimum absolute atomic E-state index is 0.0749. The zero-order chi connectivity index (χ0) is 13.1. The quantitative estimate of drug-likeness (QED) is 0.863. The maximum absolute atomic E-state index is 12.8. The topological polar surface area (TPSA) is 37.8 Å². The lowest BCUT2D eigenvalue weighted by Gasteiger charge is -2.15. The van der Waals surface area contributed by atoms with Crippen molar-refractivity contribution in [1.29, 1.82) is 0 Å². The van der Waals surface area contributed by atoms with Gasteiger partial charge in [0.25, 0.3) is 0 Å². The van der Waals surface area contributed by atoms with E-state index >= 15 is 0 Å². The van der Waals surface area contributed by atoms with Gasteiger partial charge in [0, 0.05) is 6.04 Å². The van der Waals surface area contributed by atoms with Crippen LogP contribution in [0.1, 0.15) is 18.5 Å². The molecule has 18 heavy (non-hydrogen) atoms. The molecule has 1 N–H and O–H groups in total. The van der Waals surface area contributed by atoms with Gasteiger partial charge >= 0.3 is 0 Å². The molecule has 94 valence electrons. The molecule has 0 bridgehead atoms. The second-order valence-corrected chi connectivity index (χ2v) is 4.48. The van der Waals surface area contributed by atoms with Gasteiger partial charge in [-0.2, -0.15) is 0 Å². The van der Waals surface area contributed by atoms with Gasteiger partial charge in [-0.1, -0.05) is 35.3 Å². The van der Waals surface area contributed by atoms with E-state index in [0.717, 1.165) is 5.56 Å². The van der Waals surface area contributed by atoms with Crippen molar-refractivity contribution in [2.45, 2.75) is 13.0 Å². The number of rotatable bonds is 3. The van der Waals surface area contributed by atoms with Gasteiger partial charge in [0.05, 0.1) is 0 Å². The molecule has 0 saturated carbocycles. The Morgan fingerprint density at radius 1 is 1.17 bits per heavy atom. The van der Waals surface area contributed by atoms with Crippen molar-refractivity contribution in [2.75, 3.05) is 5.32 Å². The second kappa shape index (κ2) is 5.50. The predicted molar refractivity (Wildman–Crippen MR) is 70.5 cm³/mol. The van der Waals surface area contributed by atoms with Crippen LogP contribution in [0.4, 0.5) is 10.2 Å². The van der Waals surface area contributed by atoms with E-state index in [1.165, 1.54) is 18.5 Å². The van der Waals surface area contributed by atoms with Gasteiger partial charge in [-0.3, -0.25) is 0 Å². The molecule has 1 aromatic carbocycles. The monoisotopic (exact) mass is 285 g/mol. The fraction of sp³-hybridized carbons (Fsp3) is 0.167. The molecule has 1 heterocycles. The largest absolute Gasteiger partial charge is 0.362 e. The van der Waals surface area contributed by atoms with Crippen LogP contribution in [0.3, 0.4) is 0 Å². The van der Waals surface area contributed by atoms with Crippen LogP contribution >= 0.6 is 23.2 Å². The third-order valence-electron chi connectivity index (χ3n) is 2.47. The van der Waals surface area contributed by atoms with Crippen LogP contribution in [-0.4, -0.2) is 9.97 Å². The Morgan fingerprint density at radius 3 is 2.50 bits per heavy atom. The van der Waals surface area contributed by atoms with Crippen LogP contribution in [0.5, 0.6) is 0 Å². The first-order chi connectivity index (χ1) is 8.58. The normalized spacial score (nSPS) is 12.2. The summed E-state index contributed by atoms with van der Waals surface area (Å²) in [4.78, 5) is 7.77. The Morgan fingerprint density at radius 2 is 1.83 bits per heavy atom. The number of nitrogens with zero attached hydrogens (tertiary/aromatic N) is 2. The Bertz CT molecular complexity index is 546. The van der Waals surface area contributed by atoms with Crippen molar-refractivity contribution >= 4 is 29.0 Å². The summed E-state index contributed by atoms with van der Waals surface area (Å²) in [6.45, 7) is 1.92. The predicted octanol–water partition coefficient (Wildman–Crippen LogP) is 4.10. The van der Waals surface area contributed by atoms with Crippen molar-refractivity contribution in [3.05, 3.63) is 52.1 Å². The molecule has 2 rings (SSSR count). The van der Waals surface area contributed by atoms with Gasteiger partial charge in [-0.15, -0.1) is 0 Å². The van der Waals surface area contributed by atoms with Gasteiger partial charge in [-0.05, 0) is 24.6 Å². The molecule has 3 nitrogen and oxygen atoms in total. The molecule has 1 atom stereocenters. The molecule has 0 aliphatic heterocycles. The molecule has 1 unspecified atom stereocenters. The SMILES string of the molecule is CC(Nc1ncnc(Cl)c1Cl)c1ccc(F)cc1. The van der Waals surface area contributed by atoms with Crippen molar-refractivity contribution in [1.82, 2.24) is 9.97 Å². The average molecular weight is 286 g/mol. The van der Waals surface area contributed by atoms with E-state index in [1.807, 2.05) is 6.92 Å². The molecule has 0 amide bonds. The standard InChI is InChI=1S/C12H10Cl2FN3/c1-7(8-2-4-9(15)5-3-8)18-12-10(13)11(14)16-6-17-12/h2-7H,1H3,(H,16,17,18). The van der Waals surface area contributed by atoms with Crippen molar-refractivity contribution in [3.8, 4) is 0 Å².